The van der Waals surface area contributed by atoms with Crippen molar-refractivity contribution in [2.45, 2.75) is 0 Å². The normalized spacial score (nSPS) is 11.2. The van der Waals surface area contributed by atoms with Crippen LogP contribution in [0.5, 0.6) is 0 Å². The van der Waals surface area contributed by atoms with Crippen molar-refractivity contribution in [2.75, 3.05) is 0 Å². The van der Waals surface area contributed by atoms with Gasteiger partial charge in [0, 0.05) is 22.2 Å². The van der Waals surface area contributed by atoms with Crippen molar-refractivity contribution in [2.24, 2.45) is 0 Å². The SMILES string of the molecule is O=C(/C=C/c1cnc2ccccc2c1)c1ccc(Cl)cc1Cl. The van der Waals surface area contributed by atoms with Crippen LogP contribution in [-0.2, 0) is 0 Å². The molecule has 0 radical (unpaired) electrons. The van der Waals surface area contributed by atoms with Crippen LogP contribution in [0.4, 0.5) is 0 Å². The number of allylic oxidation sites excluding steroid dienone is 1. The molecule has 2 aromatic carbocycles. The third-order valence-corrected chi connectivity index (χ3v) is 3.78. The predicted molar refractivity (Wildman–Crippen MR) is 91.6 cm³/mol. The molecule has 0 aliphatic carbocycles. The number of carbonyl (C=O) groups excluding carboxylic acids is 1. The quantitative estimate of drug-likeness (QED) is 0.473. The lowest BCUT2D eigenvalue weighted by Gasteiger charge is -2.01. The van der Waals surface area contributed by atoms with Crippen molar-refractivity contribution < 1.29 is 4.79 Å². The second-order valence-electron chi connectivity index (χ2n) is 4.78. The molecule has 2 nitrogen and oxygen atoms in total. The summed E-state index contributed by atoms with van der Waals surface area (Å²) >= 11 is 11.9. The van der Waals surface area contributed by atoms with Crippen LogP contribution in [-0.4, -0.2) is 10.8 Å². The zero-order chi connectivity index (χ0) is 15.5. The molecule has 0 amide bonds. The Hall–Kier alpha value is -2.16. The molecule has 0 bridgehead atoms. The fraction of sp³-hybridized carbons (Fsp3) is 0. The van der Waals surface area contributed by atoms with Crippen molar-refractivity contribution in [1.29, 1.82) is 0 Å². The van der Waals surface area contributed by atoms with Crippen LogP contribution in [0.1, 0.15) is 15.9 Å². The third kappa shape index (κ3) is 3.19. The van der Waals surface area contributed by atoms with E-state index in [4.69, 9.17) is 23.2 Å². The van der Waals surface area contributed by atoms with Crippen molar-refractivity contribution >= 4 is 46.0 Å². The van der Waals surface area contributed by atoms with Gasteiger partial charge in [0.05, 0.1) is 10.5 Å². The summed E-state index contributed by atoms with van der Waals surface area (Å²) in [6.07, 6.45) is 4.95. The highest BCUT2D eigenvalue weighted by Gasteiger charge is 2.07. The van der Waals surface area contributed by atoms with E-state index in [1.807, 2.05) is 30.3 Å². The first-order chi connectivity index (χ1) is 10.6. The number of hydrogen-bond donors (Lipinski definition) is 0. The van der Waals surface area contributed by atoms with Crippen molar-refractivity contribution in [3.8, 4) is 0 Å². The van der Waals surface area contributed by atoms with Crippen LogP contribution in [0.15, 0.2) is 60.8 Å². The summed E-state index contributed by atoms with van der Waals surface area (Å²) in [5, 5.41) is 1.88. The molecular weight excluding hydrogens is 317 g/mol. The molecular formula is C18H11Cl2NO. The smallest absolute Gasteiger partial charge is 0.187 e. The Balaban J connectivity index is 1.87. The predicted octanol–water partition coefficient (Wildman–Crippen LogP) is 5.44. The number of fused-ring (bicyclic) bond motifs is 1. The lowest BCUT2D eigenvalue weighted by Crippen LogP contribution is -1.95. The summed E-state index contributed by atoms with van der Waals surface area (Å²) in [6, 6.07) is 14.6. The molecule has 0 saturated heterocycles. The maximum absolute atomic E-state index is 12.2. The Morgan fingerprint density at radius 3 is 2.68 bits per heavy atom. The molecule has 0 N–H and O–H groups in total. The van der Waals surface area contributed by atoms with E-state index in [9.17, 15) is 4.79 Å². The Kier molecular flexibility index (Phi) is 4.23. The van der Waals surface area contributed by atoms with Gasteiger partial charge in [0.15, 0.2) is 5.78 Å². The van der Waals surface area contributed by atoms with Crippen LogP contribution in [0, 0.1) is 0 Å². The van der Waals surface area contributed by atoms with E-state index in [2.05, 4.69) is 4.98 Å². The van der Waals surface area contributed by atoms with E-state index in [1.54, 1.807) is 30.5 Å². The maximum Gasteiger partial charge on any atom is 0.187 e. The molecule has 0 aliphatic heterocycles. The molecule has 22 heavy (non-hydrogen) atoms. The monoisotopic (exact) mass is 327 g/mol. The standard InChI is InChI=1S/C18H11Cl2NO/c19-14-6-7-15(16(20)10-14)18(22)8-5-12-9-13-3-1-2-4-17(13)21-11-12/h1-11H/b8-5+. The largest absolute Gasteiger partial charge is 0.289 e. The molecule has 3 rings (SSSR count). The Bertz CT molecular complexity index is 887. The van der Waals surface area contributed by atoms with E-state index in [0.29, 0.717) is 15.6 Å². The highest BCUT2D eigenvalue weighted by Crippen LogP contribution is 2.22. The van der Waals surface area contributed by atoms with Crippen LogP contribution in [0.25, 0.3) is 17.0 Å². The molecule has 0 atom stereocenters. The fourth-order valence-corrected chi connectivity index (χ4v) is 2.63. The summed E-state index contributed by atoms with van der Waals surface area (Å²) in [6.45, 7) is 0. The van der Waals surface area contributed by atoms with Crippen molar-refractivity contribution in [3.63, 3.8) is 0 Å². The second kappa shape index (κ2) is 6.30. The van der Waals surface area contributed by atoms with Gasteiger partial charge in [-0.25, -0.2) is 0 Å². The average molecular weight is 328 g/mol. The molecule has 0 aliphatic rings. The highest BCUT2D eigenvalue weighted by molar-refractivity contribution is 6.37. The number of pyridine rings is 1. The molecule has 1 aromatic heterocycles. The maximum atomic E-state index is 12.2. The lowest BCUT2D eigenvalue weighted by atomic mass is 10.1. The van der Waals surface area contributed by atoms with Crippen molar-refractivity contribution in [3.05, 3.63) is 82.0 Å². The minimum absolute atomic E-state index is 0.171. The number of ketones is 1. The minimum atomic E-state index is -0.171. The Labute approximate surface area is 138 Å². The van der Waals surface area contributed by atoms with Gasteiger partial charge in [-0.15, -0.1) is 0 Å². The average Bonchev–Trinajstić information content (AvgIpc) is 2.52. The number of hydrogen-bond acceptors (Lipinski definition) is 2. The lowest BCUT2D eigenvalue weighted by molar-refractivity contribution is 0.104. The summed E-state index contributed by atoms with van der Waals surface area (Å²) < 4.78 is 0. The topological polar surface area (TPSA) is 30.0 Å². The van der Waals surface area contributed by atoms with E-state index < -0.39 is 0 Å². The first-order valence-electron chi connectivity index (χ1n) is 6.66. The summed E-state index contributed by atoms with van der Waals surface area (Å²) in [5.41, 5.74) is 2.21. The molecule has 0 saturated carbocycles. The number of rotatable bonds is 3. The van der Waals surface area contributed by atoms with Gasteiger partial charge in [0.25, 0.3) is 0 Å². The van der Waals surface area contributed by atoms with Crippen LogP contribution < -0.4 is 0 Å². The first-order valence-corrected chi connectivity index (χ1v) is 7.41. The van der Waals surface area contributed by atoms with Gasteiger partial charge in [0.1, 0.15) is 0 Å². The van der Waals surface area contributed by atoms with Crippen molar-refractivity contribution in [1.82, 2.24) is 4.98 Å². The zero-order valence-corrected chi connectivity index (χ0v) is 13.0. The highest BCUT2D eigenvalue weighted by atomic mass is 35.5. The Morgan fingerprint density at radius 2 is 1.86 bits per heavy atom. The van der Waals surface area contributed by atoms with Gasteiger partial charge < -0.3 is 0 Å². The number of benzene rings is 2. The summed E-state index contributed by atoms with van der Waals surface area (Å²) in [5.74, 6) is -0.171. The van der Waals surface area contributed by atoms with E-state index in [0.717, 1.165) is 16.5 Å². The van der Waals surface area contributed by atoms with Gasteiger partial charge in [0.2, 0.25) is 0 Å². The number of para-hydroxylation sites is 1. The molecule has 0 spiro atoms. The van der Waals surface area contributed by atoms with E-state index in [-0.39, 0.29) is 5.78 Å². The minimum Gasteiger partial charge on any atom is -0.289 e. The molecule has 4 heteroatoms. The molecule has 108 valence electrons. The number of nitrogens with zero attached hydrogens (tertiary/aromatic N) is 1. The van der Waals surface area contributed by atoms with Gasteiger partial charge in [-0.1, -0.05) is 41.4 Å². The number of carbonyl (C=O) groups is 1. The summed E-state index contributed by atoms with van der Waals surface area (Å²) in [4.78, 5) is 16.5. The molecule has 0 fully saturated rings. The first kappa shape index (κ1) is 14.8. The number of halogens is 2. The third-order valence-electron chi connectivity index (χ3n) is 3.24. The van der Waals surface area contributed by atoms with Gasteiger partial charge in [-0.05, 0) is 48.0 Å². The second-order valence-corrected chi connectivity index (χ2v) is 5.63. The van der Waals surface area contributed by atoms with Crippen LogP contribution in [0.3, 0.4) is 0 Å². The van der Waals surface area contributed by atoms with E-state index in [1.165, 1.54) is 6.08 Å². The molecule has 0 unspecified atom stereocenters. The molecule has 3 aromatic rings. The van der Waals surface area contributed by atoms with Crippen LogP contribution in [0.2, 0.25) is 10.0 Å². The van der Waals surface area contributed by atoms with E-state index >= 15 is 0 Å². The van der Waals surface area contributed by atoms with Gasteiger partial charge in [-0.2, -0.15) is 0 Å². The van der Waals surface area contributed by atoms with Gasteiger partial charge >= 0.3 is 0 Å². The summed E-state index contributed by atoms with van der Waals surface area (Å²) in [7, 11) is 0. The van der Waals surface area contributed by atoms with Gasteiger partial charge in [-0.3, -0.25) is 9.78 Å². The number of aromatic nitrogens is 1. The van der Waals surface area contributed by atoms with Crippen LogP contribution >= 0.6 is 23.2 Å². The Morgan fingerprint density at radius 1 is 1.05 bits per heavy atom. The zero-order valence-electron chi connectivity index (χ0n) is 11.5. The fourth-order valence-electron chi connectivity index (χ4n) is 2.13. The molecule has 1 heterocycles.